The zero-order chi connectivity index (χ0) is 17.4. The molecule has 0 amide bonds. The molecule has 25 heavy (non-hydrogen) atoms. The van der Waals surface area contributed by atoms with E-state index in [4.69, 9.17) is 19.9 Å². The maximum absolute atomic E-state index is 6.22. The van der Waals surface area contributed by atoms with Crippen LogP contribution in [0.15, 0.2) is 23.8 Å². The van der Waals surface area contributed by atoms with Crippen molar-refractivity contribution in [1.29, 1.82) is 0 Å². The normalized spacial score (nSPS) is 29.6. The highest BCUT2D eigenvalue weighted by molar-refractivity contribution is 5.67. The quantitative estimate of drug-likeness (QED) is 0.621. The number of ether oxygens (including phenoxy) is 3. The van der Waals surface area contributed by atoms with E-state index < -0.39 is 0 Å². The summed E-state index contributed by atoms with van der Waals surface area (Å²) >= 11 is 0. The summed E-state index contributed by atoms with van der Waals surface area (Å²) in [5.74, 6) is 5.86. The van der Waals surface area contributed by atoms with Gasteiger partial charge in [0, 0.05) is 11.6 Å². The molecule has 0 heterocycles. The van der Waals surface area contributed by atoms with Crippen molar-refractivity contribution in [1.82, 2.24) is 0 Å². The minimum absolute atomic E-state index is 0.155. The molecule has 4 nitrogen and oxygen atoms in total. The summed E-state index contributed by atoms with van der Waals surface area (Å²) < 4.78 is 17.2. The van der Waals surface area contributed by atoms with Crippen molar-refractivity contribution < 1.29 is 14.2 Å². The second-order valence-corrected chi connectivity index (χ2v) is 7.73. The van der Waals surface area contributed by atoms with Crippen molar-refractivity contribution in [3.8, 4) is 11.5 Å². The topological polar surface area (TPSA) is 53.7 Å². The number of rotatable bonds is 6. The van der Waals surface area contributed by atoms with E-state index >= 15 is 0 Å². The lowest BCUT2D eigenvalue weighted by molar-refractivity contribution is 0.0668. The van der Waals surface area contributed by atoms with Crippen molar-refractivity contribution in [2.45, 2.75) is 39.0 Å². The average Bonchev–Trinajstić information content (AvgIpc) is 2.60. The molecular formula is C21H29NO3. The Labute approximate surface area is 150 Å². The van der Waals surface area contributed by atoms with Crippen LogP contribution in [0.1, 0.15) is 44.6 Å². The van der Waals surface area contributed by atoms with Gasteiger partial charge in [-0.1, -0.05) is 0 Å². The third-order valence-electron chi connectivity index (χ3n) is 6.20. The van der Waals surface area contributed by atoms with Gasteiger partial charge in [0.1, 0.15) is 24.0 Å². The number of methoxy groups -OCH3 is 1. The Morgan fingerprint density at radius 2 is 1.64 bits per heavy atom. The Balaban J connectivity index is 1.78. The van der Waals surface area contributed by atoms with Crippen LogP contribution in [0.4, 0.5) is 0 Å². The number of allylic oxidation sites excluding steroid dienone is 1. The lowest BCUT2D eigenvalue weighted by atomic mass is 9.54. The molecule has 0 atom stereocenters. The van der Waals surface area contributed by atoms with Crippen LogP contribution in [0.25, 0.3) is 5.76 Å². The summed E-state index contributed by atoms with van der Waals surface area (Å²) in [5, 5.41) is 0. The molecule has 0 saturated heterocycles. The van der Waals surface area contributed by atoms with Gasteiger partial charge in [0.15, 0.2) is 0 Å². The van der Waals surface area contributed by atoms with Gasteiger partial charge >= 0.3 is 0 Å². The summed E-state index contributed by atoms with van der Waals surface area (Å²) in [4.78, 5) is 0. The summed E-state index contributed by atoms with van der Waals surface area (Å²) in [6.07, 6.45) is 6.83. The van der Waals surface area contributed by atoms with Gasteiger partial charge in [-0.25, -0.2) is 0 Å². The lowest BCUT2D eigenvalue weighted by Crippen LogP contribution is -2.41. The van der Waals surface area contributed by atoms with E-state index in [1.165, 1.54) is 32.1 Å². The highest BCUT2D eigenvalue weighted by Crippen LogP contribution is 2.58. The Morgan fingerprint density at radius 3 is 2.20 bits per heavy atom. The van der Waals surface area contributed by atoms with Crippen LogP contribution < -0.4 is 15.2 Å². The third-order valence-corrected chi connectivity index (χ3v) is 6.20. The zero-order valence-electron chi connectivity index (χ0n) is 15.3. The second kappa shape index (κ2) is 6.91. The van der Waals surface area contributed by atoms with Crippen LogP contribution in [0.5, 0.6) is 11.5 Å². The summed E-state index contributed by atoms with van der Waals surface area (Å²) in [6, 6.07) is 5.98. The fraction of sp³-hybridized carbons (Fsp3) is 0.619. The minimum Gasteiger partial charge on any atom is -0.497 e. The van der Waals surface area contributed by atoms with Gasteiger partial charge in [0.25, 0.3) is 0 Å². The minimum atomic E-state index is 0.155. The molecule has 0 aliphatic heterocycles. The Bertz CT molecular complexity index is 637. The number of nitrogens with two attached hydrogens (primary N) is 1. The monoisotopic (exact) mass is 343 g/mol. The molecule has 136 valence electrons. The number of hydrogen-bond donors (Lipinski definition) is 1. The van der Waals surface area contributed by atoms with Gasteiger partial charge in [-0.2, -0.15) is 0 Å². The highest BCUT2D eigenvalue weighted by atomic mass is 16.5. The molecule has 2 N–H and O–H groups in total. The van der Waals surface area contributed by atoms with Gasteiger partial charge in [-0.3, -0.25) is 5.73 Å². The van der Waals surface area contributed by atoms with Gasteiger partial charge < -0.3 is 14.2 Å². The molecule has 0 radical (unpaired) electrons. The molecule has 0 spiro atoms. The predicted octanol–water partition coefficient (Wildman–Crippen LogP) is 4.19. The van der Waals surface area contributed by atoms with E-state index in [1.54, 1.807) is 12.7 Å². The molecule has 1 aromatic rings. The molecule has 1 aromatic carbocycles. The summed E-state index contributed by atoms with van der Waals surface area (Å²) in [6.45, 7) is 2.89. The molecule has 0 aromatic heterocycles. The molecular weight excluding hydrogens is 314 g/mol. The van der Waals surface area contributed by atoms with E-state index in [1.807, 2.05) is 12.1 Å². The maximum atomic E-state index is 6.22. The molecule has 4 heteroatoms. The van der Waals surface area contributed by atoms with E-state index in [9.17, 15) is 0 Å². The average molecular weight is 343 g/mol. The Morgan fingerprint density at radius 1 is 1.00 bits per heavy atom. The summed E-state index contributed by atoms with van der Waals surface area (Å²) in [5.41, 5.74) is 8.19. The molecule has 5 rings (SSSR count). The van der Waals surface area contributed by atoms with Crippen LogP contribution in [-0.4, -0.2) is 20.4 Å². The van der Waals surface area contributed by atoms with Gasteiger partial charge in [-0.15, -0.1) is 0 Å². The van der Waals surface area contributed by atoms with Crippen molar-refractivity contribution in [2.75, 3.05) is 20.4 Å². The predicted molar refractivity (Wildman–Crippen MR) is 98.3 cm³/mol. The number of benzene rings is 1. The fourth-order valence-corrected chi connectivity index (χ4v) is 5.54. The van der Waals surface area contributed by atoms with Crippen LogP contribution in [-0.2, 0) is 4.74 Å². The van der Waals surface area contributed by atoms with Crippen molar-refractivity contribution in [2.24, 2.45) is 29.4 Å². The van der Waals surface area contributed by atoms with Gasteiger partial charge in [0.2, 0.25) is 0 Å². The van der Waals surface area contributed by atoms with Crippen molar-refractivity contribution in [3.05, 3.63) is 29.3 Å². The van der Waals surface area contributed by atoms with Crippen LogP contribution >= 0.6 is 0 Å². The molecule has 4 fully saturated rings. The smallest absolute Gasteiger partial charge is 0.137 e. The van der Waals surface area contributed by atoms with Crippen molar-refractivity contribution in [3.63, 3.8) is 0 Å². The first-order valence-electron chi connectivity index (χ1n) is 9.61. The second-order valence-electron chi connectivity index (χ2n) is 7.73. The van der Waals surface area contributed by atoms with E-state index in [0.29, 0.717) is 18.4 Å². The largest absolute Gasteiger partial charge is 0.497 e. The first kappa shape index (κ1) is 16.8. The molecule has 4 aliphatic carbocycles. The summed E-state index contributed by atoms with van der Waals surface area (Å²) in [7, 11) is 1.68. The van der Waals surface area contributed by atoms with E-state index in [0.717, 1.165) is 34.7 Å². The van der Waals surface area contributed by atoms with Crippen LogP contribution in [0, 0.1) is 23.7 Å². The first-order valence-corrected chi connectivity index (χ1v) is 9.61. The molecule has 0 unspecified atom stereocenters. The van der Waals surface area contributed by atoms with Gasteiger partial charge in [0.05, 0.1) is 13.7 Å². The maximum Gasteiger partial charge on any atom is 0.137 e. The van der Waals surface area contributed by atoms with E-state index in [-0.39, 0.29) is 6.73 Å². The first-order chi connectivity index (χ1) is 12.2. The molecule has 4 saturated carbocycles. The van der Waals surface area contributed by atoms with Gasteiger partial charge in [-0.05, 0) is 80.4 Å². The zero-order valence-corrected chi connectivity index (χ0v) is 15.3. The molecule has 4 bridgehead atoms. The SMILES string of the molecule is CCOC(=C1C2CC3CC(C2)CC1C3)c1cc(OC)cc(OCN)c1. The lowest BCUT2D eigenvalue weighted by Gasteiger charge is -2.51. The fourth-order valence-electron chi connectivity index (χ4n) is 5.54. The third kappa shape index (κ3) is 3.12. The Kier molecular flexibility index (Phi) is 4.63. The van der Waals surface area contributed by atoms with Crippen LogP contribution in [0.3, 0.4) is 0 Å². The molecule has 4 aliphatic rings. The van der Waals surface area contributed by atoms with Crippen molar-refractivity contribution >= 4 is 5.76 Å². The van der Waals surface area contributed by atoms with E-state index in [2.05, 4.69) is 13.0 Å². The highest BCUT2D eigenvalue weighted by Gasteiger charge is 2.46. The van der Waals surface area contributed by atoms with Crippen LogP contribution in [0.2, 0.25) is 0 Å². The Hall–Kier alpha value is -1.68. The number of hydrogen-bond acceptors (Lipinski definition) is 4. The standard InChI is InChI=1S/C21H29NO3/c1-3-24-21(17-9-18(23-2)11-19(10-17)25-12-22)20-15-5-13-4-14(7-15)8-16(20)6-13/h9-11,13-16H,3-8,12,22H2,1-2H3.